The highest BCUT2D eigenvalue weighted by Gasteiger charge is 2.27. The van der Waals surface area contributed by atoms with Crippen LogP contribution in [0.3, 0.4) is 0 Å². The molecule has 0 bridgehead atoms. The van der Waals surface area contributed by atoms with Crippen LogP contribution in [0.15, 0.2) is 41.2 Å². The van der Waals surface area contributed by atoms with Crippen LogP contribution in [0.4, 0.5) is 8.78 Å². The molecule has 5 rings (SSSR count). The van der Waals surface area contributed by atoms with Crippen LogP contribution in [-0.4, -0.2) is 32.8 Å². The lowest BCUT2D eigenvalue weighted by molar-refractivity contribution is 0.0820. The fourth-order valence-electron chi connectivity index (χ4n) is 3.54. The molecule has 30 heavy (non-hydrogen) atoms. The number of ether oxygens (including phenoxy) is 1. The first-order valence-corrected chi connectivity index (χ1v) is 9.97. The van der Waals surface area contributed by atoms with E-state index in [4.69, 9.17) is 16.3 Å². The van der Waals surface area contributed by atoms with E-state index < -0.39 is 13.0 Å². The van der Waals surface area contributed by atoms with Gasteiger partial charge in [-0.25, -0.2) is 18.4 Å². The van der Waals surface area contributed by atoms with Crippen molar-refractivity contribution in [3.05, 3.63) is 63.3 Å². The van der Waals surface area contributed by atoms with Crippen molar-refractivity contribution in [1.29, 1.82) is 0 Å². The Hall–Kier alpha value is -3.00. The van der Waals surface area contributed by atoms with E-state index in [0.717, 1.165) is 23.9 Å². The number of alkyl halides is 2. The number of nitrogens with zero attached hydrogens (tertiary/aromatic N) is 3. The Bertz CT molecular complexity index is 1310. The van der Waals surface area contributed by atoms with E-state index in [-0.39, 0.29) is 22.4 Å². The van der Waals surface area contributed by atoms with E-state index in [1.165, 1.54) is 6.07 Å². The average Bonchev–Trinajstić information content (AvgIpc) is 3.49. The maximum atomic E-state index is 12.7. The van der Waals surface area contributed by atoms with Crippen LogP contribution >= 0.6 is 11.6 Å². The minimum Gasteiger partial charge on any atom is -0.486 e. The van der Waals surface area contributed by atoms with Gasteiger partial charge in [0.05, 0.1) is 39.6 Å². The molecule has 6 nitrogen and oxygen atoms in total. The standard InChI is InChI=1S/C21H17ClF2N4O2/c22-14-7-16-17(8-18(14)30-10-19(23)24)26-20(25-16)9-15-12-3-1-2-4-13(12)21(29)28(27-15)11-5-6-11/h1-4,7-8,11,19H,5-6,9-10H2,(H,25,26). The molecule has 9 heteroatoms. The van der Waals surface area contributed by atoms with Crippen molar-refractivity contribution in [2.75, 3.05) is 6.61 Å². The van der Waals surface area contributed by atoms with Crippen LogP contribution in [0.25, 0.3) is 21.8 Å². The number of hydrogen-bond donors (Lipinski definition) is 1. The maximum absolute atomic E-state index is 12.7. The molecule has 0 unspecified atom stereocenters. The summed E-state index contributed by atoms with van der Waals surface area (Å²) in [6.45, 7) is -0.735. The molecule has 2 aromatic carbocycles. The minimum atomic E-state index is -2.59. The summed E-state index contributed by atoms with van der Waals surface area (Å²) in [6, 6.07) is 10.7. The third kappa shape index (κ3) is 3.52. The van der Waals surface area contributed by atoms with Gasteiger partial charge < -0.3 is 9.72 Å². The molecule has 0 atom stereocenters. The molecule has 154 valence electrons. The predicted octanol–water partition coefficient (Wildman–Crippen LogP) is 4.50. The van der Waals surface area contributed by atoms with Crippen LogP contribution in [0.2, 0.25) is 5.02 Å². The Morgan fingerprint density at radius 2 is 2.00 bits per heavy atom. The number of rotatable bonds is 6. The molecule has 1 aliphatic rings. The van der Waals surface area contributed by atoms with Crippen LogP contribution in [0.5, 0.6) is 5.75 Å². The van der Waals surface area contributed by atoms with Gasteiger partial charge in [-0.1, -0.05) is 29.8 Å². The summed E-state index contributed by atoms with van der Waals surface area (Å²) in [5, 5.41) is 6.27. The highest BCUT2D eigenvalue weighted by molar-refractivity contribution is 6.32. The van der Waals surface area contributed by atoms with Gasteiger partial charge in [-0.05, 0) is 25.0 Å². The lowest BCUT2D eigenvalue weighted by Gasteiger charge is -2.09. The number of halogens is 3. The zero-order valence-electron chi connectivity index (χ0n) is 15.7. The van der Waals surface area contributed by atoms with Crippen LogP contribution in [0.1, 0.15) is 30.4 Å². The Kier molecular flexibility index (Phi) is 4.66. The normalized spacial score (nSPS) is 14.1. The second-order valence-electron chi connectivity index (χ2n) is 7.34. The fourth-order valence-corrected chi connectivity index (χ4v) is 3.76. The smallest absolute Gasteiger partial charge is 0.274 e. The molecule has 1 aliphatic carbocycles. The quantitative estimate of drug-likeness (QED) is 0.489. The van der Waals surface area contributed by atoms with E-state index in [9.17, 15) is 13.6 Å². The maximum Gasteiger partial charge on any atom is 0.274 e. The number of H-pyrrole nitrogens is 1. The average molecular weight is 431 g/mol. The SMILES string of the molecule is O=c1c2ccccc2c(Cc2nc3cc(OCC(F)F)c(Cl)cc3[nH]2)nn1C1CC1. The Morgan fingerprint density at radius 1 is 1.23 bits per heavy atom. The molecule has 2 aromatic heterocycles. The zero-order valence-corrected chi connectivity index (χ0v) is 16.5. The second-order valence-corrected chi connectivity index (χ2v) is 7.74. The Labute approximate surface area is 174 Å². The lowest BCUT2D eigenvalue weighted by atomic mass is 10.1. The Balaban J connectivity index is 1.53. The van der Waals surface area contributed by atoms with Crippen molar-refractivity contribution in [1.82, 2.24) is 19.7 Å². The van der Waals surface area contributed by atoms with Crippen molar-refractivity contribution in [3.63, 3.8) is 0 Å². The molecule has 2 heterocycles. The molecule has 0 saturated heterocycles. The highest BCUT2D eigenvalue weighted by atomic mass is 35.5. The molecule has 1 saturated carbocycles. The lowest BCUT2D eigenvalue weighted by Crippen LogP contribution is -2.24. The molecule has 0 amide bonds. The summed E-state index contributed by atoms with van der Waals surface area (Å²) < 4.78 is 31.5. The van der Waals surface area contributed by atoms with Crippen molar-refractivity contribution in [2.45, 2.75) is 31.7 Å². The van der Waals surface area contributed by atoms with Crippen LogP contribution in [-0.2, 0) is 6.42 Å². The molecule has 1 N–H and O–H groups in total. The van der Waals surface area contributed by atoms with Gasteiger partial charge in [0.25, 0.3) is 12.0 Å². The van der Waals surface area contributed by atoms with Gasteiger partial charge in [0.2, 0.25) is 0 Å². The van der Waals surface area contributed by atoms with Crippen molar-refractivity contribution in [2.24, 2.45) is 0 Å². The molecular formula is C21H17ClF2N4O2. The number of benzene rings is 2. The third-order valence-electron chi connectivity index (χ3n) is 5.08. The number of hydrogen-bond acceptors (Lipinski definition) is 4. The van der Waals surface area contributed by atoms with Crippen molar-refractivity contribution < 1.29 is 13.5 Å². The summed E-state index contributed by atoms with van der Waals surface area (Å²) in [5.41, 5.74) is 1.89. The monoisotopic (exact) mass is 430 g/mol. The van der Waals surface area contributed by atoms with Gasteiger partial charge in [-0.2, -0.15) is 5.10 Å². The first-order valence-electron chi connectivity index (χ1n) is 9.59. The summed E-state index contributed by atoms with van der Waals surface area (Å²) in [4.78, 5) is 20.5. The summed E-state index contributed by atoms with van der Waals surface area (Å²) in [5.74, 6) is 0.791. The van der Waals surface area contributed by atoms with Gasteiger partial charge in [0.1, 0.15) is 18.2 Å². The van der Waals surface area contributed by atoms with Crippen molar-refractivity contribution in [3.8, 4) is 5.75 Å². The van der Waals surface area contributed by atoms with Crippen LogP contribution in [0, 0.1) is 0 Å². The summed E-state index contributed by atoms with van der Waals surface area (Å²) in [6.07, 6.45) is -0.301. The molecule has 4 aromatic rings. The van der Waals surface area contributed by atoms with Crippen molar-refractivity contribution >= 4 is 33.4 Å². The van der Waals surface area contributed by atoms with Gasteiger partial charge in [-0.15, -0.1) is 0 Å². The second kappa shape index (κ2) is 7.36. The van der Waals surface area contributed by atoms with E-state index >= 15 is 0 Å². The number of aromatic amines is 1. The molecule has 1 fully saturated rings. The molecule has 0 aliphatic heterocycles. The first-order chi connectivity index (χ1) is 14.5. The molecule has 0 spiro atoms. The number of fused-ring (bicyclic) bond motifs is 2. The predicted molar refractivity (Wildman–Crippen MR) is 110 cm³/mol. The number of imidazole rings is 1. The molecule has 0 radical (unpaired) electrons. The van der Waals surface area contributed by atoms with Gasteiger partial charge in [-0.3, -0.25) is 4.79 Å². The zero-order chi connectivity index (χ0) is 20.8. The summed E-state index contributed by atoms with van der Waals surface area (Å²) >= 11 is 6.15. The van der Waals surface area contributed by atoms with E-state index in [0.29, 0.717) is 28.7 Å². The Morgan fingerprint density at radius 3 is 2.73 bits per heavy atom. The van der Waals surface area contributed by atoms with Gasteiger partial charge >= 0.3 is 0 Å². The third-order valence-corrected chi connectivity index (χ3v) is 5.38. The van der Waals surface area contributed by atoms with E-state index in [1.807, 2.05) is 24.3 Å². The van der Waals surface area contributed by atoms with Crippen LogP contribution < -0.4 is 10.3 Å². The minimum absolute atomic E-state index is 0.0749. The molecular weight excluding hydrogens is 414 g/mol. The highest BCUT2D eigenvalue weighted by Crippen LogP contribution is 2.34. The van der Waals surface area contributed by atoms with E-state index in [1.54, 1.807) is 10.7 Å². The first kappa shape index (κ1) is 19.0. The number of aromatic nitrogens is 4. The van der Waals surface area contributed by atoms with Gasteiger partial charge in [0, 0.05) is 11.5 Å². The largest absolute Gasteiger partial charge is 0.486 e. The fraction of sp³-hybridized carbons (Fsp3) is 0.286. The number of nitrogens with one attached hydrogen (secondary N) is 1. The van der Waals surface area contributed by atoms with Gasteiger partial charge in [0.15, 0.2) is 0 Å². The van der Waals surface area contributed by atoms with E-state index in [2.05, 4.69) is 15.1 Å². The summed E-state index contributed by atoms with van der Waals surface area (Å²) in [7, 11) is 0. The topological polar surface area (TPSA) is 72.8 Å².